The van der Waals surface area contributed by atoms with Gasteiger partial charge in [0.05, 0.1) is 5.75 Å². The van der Waals surface area contributed by atoms with Crippen LogP contribution in [0.2, 0.25) is 0 Å². The summed E-state index contributed by atoms with van der Waals surface area (Å²) in [5.74, 6) is -1.41. The van der Waals surface area contributed by atoms with Crippen LogP contribution in [0.3, 0.4) is 0 Å². The lowest BCUT2D eigenvalue weighted by Crippen LogP contribution is -2.29. The monoisotopic (exact) mass is 248 g/mol. The van der Waals surface area contributed by atoms with Gasteiger partial charge in [-0.25, -0.2) is 8.42 Å². The fraction of sp³-hybridized carbons (Fsp3) is 0.444. The highest BCUT2D eigenvalue weighted by Gasteiger charge is 2.26. The molecule has 1 unspecified atom stereocenters. The van der Waals surface area contributed by atoms with E-state index in [9.17, 15) is 13.2 Å². The van der Waals surface area contributed by atoms with Gasteiger partial charge in [0, 0.05) is 0 Å². The van der Waals surface area contributed by atoms with Gasteiger partial charge in [-0.05, 0) is 35.7 Å². The van der Waals surface area contributed by atoms with E-state index < -0.39 is 21.1 Å². The maximum atomic E-state index is 11.5. The Morgan fingerprint density at radius 1 is 1.60 bits per heavy atom. The van der Waals surface area contributed by atoms with E-state index in [1.807, 2.05) is 16.8 Å². The Morgan fingerprint density at radius 2 is 2.27 bits per heavy atom. The summed E-state index contributed by atoms with van der Waals surface area (Å²) in [6, 6.07) is 1.84. The van der Waals surface area contributed by atoms with Gasteiger partial charge in [0.1, 0.15) is 0 Å². The van der Waals surface area contributed by atoms with Crippen LogP contribution in [0.5, 0.6) is 0 Å². The second kappa shape index (κ2) is 4.76. The molecule has 1 aromatic heterocycles. The Kier molecular flexibility index (Phi) is 3.87. The topological polar surface area (TPSA) is 71.4 Å². The highest BCUT2D eigenvalue weighted by atomic mass is 32.2. The van der Waals surface area contributed by atoms with Gasteiger partial charge in [-0.2, -0.15) is 11.3 Å². The van der Waals surface area contributed by atoms with Crippen LogP contribution in [0.15, 0.2) is 16.8 Å². The minimum Gasteiger partial charge on any atom is -0.480 e. The van der Waals surface area contributed by atoms with Crippen molar-refractivity contribution in [3.8, 4) is 0 Å². The van der Waals surface area contributed by atoms with Crippen molar-refractivity contribution in [3.05, 3.63) is 22.4 Å². The third kappa shape index (κ3) is 3.32. The Hall–Kier alpha value is -0.880. The number of carboxylic acids is 1. The summed E-state index contributed by atoms with van der Waals surface area (Å²) in [7, 11) is -3.53. The summed E-state index contributed by atoms with van der Waals surface area (Å²) >= 11 is 1.49. The van der Waals surface area contributed by atoms with E-state index in [2.05, 4.69) is 0 Å². The fourth-order valence-electron chi connectivity index (χ4n) is 1.03. The van der Waals surface area contributed by atoms with Gasteiger partial charge < -0.3 is 5.11 Å². The van der Waals surface area contributed by atoms with E-state index in [1.54, 1.807) is 0 Å². The third-order valence-corrected chi connectivity index (χ3v) is 4.93. The average molecular weight is 248 g/mol. The molecule has 0 aliphatic heterocycles. The third-order valence-electron chi connectivity index (χ3n) is 2.14. The van der Waals surface area contributed by atoms with Gasteiger partial charge >= 0.3 is 5.97 Å². The molecule has 0 aliphatic carbocycles. The second-order valence-corrected chi connectivity index (χ2v) is 6.45. The number of carboxylic acid groups (broad SMARTS) is 1. The van der Waals surface area contributed by atoms with Crippen LogP contribution in [-0.4, -0.2) is 30.5 Å². The van der Waals surface area contributed by atoms with E-state index in [0.29, 0.717) is 6.42 Å². The van der Waals surface area contributed by atoms with Crippen LogP contribution in [-0.2, 0) is 21.1 Å². The van der Waals surface area contributed by atoms with Crippen molar-refractivity contribution in [2.75, 3.05) is 5.75 Å². The van der Waals surface area contributed by atoms with Gasteiger partial charge in [0.2, 0.25) is 0 Å². The van der Waals surface area contributed by atoms with Crippen LogP contribution in [0.1, 0.15) is 12.5 Å². The molecular weight excluding hydrogens is 236 g/mol. The summed E-state index contributed by atoms with van der Waals surface area (Å²) in [6.45, 7) is 1.20. The molecule has 4 nitrogen and oxygen atoms in total. The average Bonchev–Trinajstić information content (AvgIpc) is 2.66. The zero-order chi connectivity index (χ0) is 11.5. The number of carbonyl (C=O) groups is 1. The van der Waals surface area contributed by atoms with E-state index in [1.165, 1.54) is 18.3 Å². The van der Waals surface area contributed by atoms with Gasteiger partial charge in [-0.15, -0.1) is 0 Å². The number of aryl methyl sites for hydroxylation is 1. The standard InChI is InChI=1S/C9H12O4S2/c1-7(9(10)11)15(12,13)5-3-8-2-4-14-6-8/h2,4,6-7H,3,5H2,1H3,(H,10,11). The lowest BCUT2D eigenvalue weighted by Gasteiger charge is -2.07. The molecule has 1 heterocycles. The Labute approximate surface area is 92.5 Å². The highest BCUT2D eigenvalue weighted by Crippen LogP contribution is 2.10. The van der Waals surface area contributed by atoms with Crippen molar-refractivity contribution in [2.24, 2.45) is 0 Å². The quantitative estimate of drug-likeness (QED) is 0.849. The molecule has 0 spiro atoms. The van der Waals surface area contributed by atoms with Crippen molar-refractivity contribution in [3.63, 3.8) is 0 Å². The molecule has 0 aromatic carbocycles. The van der Waals surface area contributed by atoms with Gasteiger partial charge in [-0.3, -0.25) is 4.79 Å². The van der Waals surface area contributed by atoms with E-state index in [4.69, 9.17) is 5.11 Å². The Morgan fingerprint density at radius 3 is 2.73 bits per heavy atom. The zero-order valence-corrected chi connectivity index (χ0v) is 9.85. The highest BCUT2D eigenvalue weighted by molar-refractivity contribution is 7.92. The van der Waals surface area contributed by atoms with E-state index >= 15 is 0 Å². The molecule has 1 atom stereocenters. The first-order chi connectivity index (χ1) is 6.93. The lowest BCUT2D eigenvalue weighted by atomic mass is 10.3. The normalized spacial score (nSPS) is 13.7. The molecular formula is C9H12O4S2. The minimum absolute atomic E-state index is 0.114. The second-order valence-electron chi connectivity index (χ2n) is 3.23. The lowest BCUT2D eigenvalue weighted by molar-refractivity contribution is -0.136. The number of rotatable bonds is 5. The molecule has 84 valence electrons. The van der Waals surface area contributed by atoms with Crippen molar-refractivity contribution in [1.29, 1.82) is 0 Å². The smallest absolute Gasteiger partial charge is 0.321 e. The van der Waals surface area contributed by atoms with Gasteiger partial charge in [0.15, 0.2) is 15.1 Å². The number of hydrogen-bond donors (Lipinski definition) is 1. The first kappa shape index (κ1) is 12.2. The first-order valence-electron chi connectivity index (χ1n) is 4.39. The maximum Gasteiger partial charge on any atom is 0.321 e. The molecule has 1 aromatic rings. The summed E-state index contributed by atoms with van der Waals surface area (Å²) < 4.78 is 23.0. The molecule has 0 aliphatic rings. The van der Waals surface area contributed by atoms with Crippen LogP contribution >= 0.6 is 11.3 Å². The number of aliphatic carboxylic acids is 1. The summed E-state index contributed by atoms with van der Waals surface area (Å²) in [5, 5.41) is 11.0. The molecule has 6 heteroatoms. The SMILES string of the molecule is CC(C(=O)O)S(=O)(=O)CCc1ccsc1. The van der Waals surface area contributed by atoms with Crippen molar-refractivity contribution in [2.45, 2.75) is 18.6 Å². The molecule has 0 fully saturated rings. The minimum atomic E-state index is -3.53. The number of hydrogen-bond acceptors (Lipinski definition) is 4. The van der Waals surface area contributed by atoms with Gasteiger partial charge in [-0.1, -0.05) is 0 Å². The van der Waals surface area contributed by atoms with Crippen molar-refractivity contribution in [1.82, 2.24) is 0 Å². The molecule has 0 bridgehead atoms. The molecule has 0 radical (unpaired) electrons. The van der Waals surface area contributed by atoms with E-state index in [-0.39, 0.29) is 5.75 Å². The number of sulfone groups is 1. The maximum absolute atomic E-state index is 11.5. The first-order valence-corrected chi connectivity index (χ1v) is 7.05. The molecule has 0 saturated heterocycles. The van der Waals surface area contributed by atoms with Crippen molar-refractivity contribution < 1.29 is 18.3 Å². The molecule has 0 amide bonds. The van der Waals surface area contributed by atoms with Crippen molar-refractivity contribution >= 4 is 27.1 Å². The Bertz CT molecular complexity index is 419. The molecule has 1 N–H and O–H groups in total. The predicted molar refractivity (Wildman–Crippen MR) is 58.9 cm³/mol. The van der Waals surface area contributed by atoms with E-state index in [0.717, 1.165) is 5.56 Å². The van der Waals surface area contributed by atoms with Crippen LogP contribution in [0, 0.1) is 0 Å². The van der Waals surface area contributed by atoms with Crippen LogP contribution in [0.4, 0.5) is 0 Å². The summed E-state index contributed by atoms with van der Waals surface area (Å²) in [6.07, 6.45) is 0.378. The number of thiophene rings is 1. The molecule has 15 heavy (non-hydrogen) atoms. The van der Waals surface area contributed by atoms with Crippen LogP contribution in [0.25, 0.3) is 0 Å². The zero-order valence-electron chi connectivity index (χ0n) is 8.21. The van der Waals surface area contributed by atoms with Crippen LogP contribution < -0.4 is 0 Å². The predicted octanol–water partition coefficient (Wildman–Crippen LogP) is 1.18. The summed E-state index contributed by atoms with van der Waals surface area (Å²) in [5.41, 5.74) is 0.932. The largest absolute Gasteiger partial charge is 0.480 e. The van der Waals surface area contributed by atoms with Gasteiger partial charge in [0.25, 0.3) is 0 Å². The molecule has 0 saturated carbocycles. The summed E-state index contributed by atoms with van der Waals surface area (Å²) in [4.78, 5) is 10.5. The molecule has 1 rings (SSSR count). The Balaban J connectivity index is 2.62. The fourth-order valence-corrected chi connectivity index (χ4v) is 2.91.